The van der Waals surface area contributed by atoms with Crippen molar-refractivity contribution in [1.29, 1.82) is 0 Å². The number of ether oxygens (including phenoxy) is 1. The summed E-state index contributed by atoms with van der Waals surface area (Å²) >= 11 is 5.96. The van der Waals surface area contributed by atoms with E-state index < -0.39 is 9.84 Å². The van der Waals surface area contributed by atoms with Crippen LogP contribution in [0.25, 0.3) is 0 Å². The molecule has 0 bridgehead atoms. The summed E-state index contributed by atoms with van der Waals surface area (Å²) in [6.07, 6.45) is 0. The molecule has 3 aromatic rings. The Kier molecular flexibility index (Phi) is 5.78. The van der Waals surface area contributed by atoms with Gasteiger partial charge in [-0.25, -0.2) is 8.42 Å². The zero-order valence-corrected chi connectivity index (χ0v) is 18.0. The normalized spacial score (nSPS) is 14.6. The van der Waals surface area contributed by atoms with Crippen LogP contribution in [-0.2, 0) is 9.84 Å². The SMILES string of the molecule is COc1ccc(S(=O)(=O)c2ccc(N3CCN(c4ccc(Cl)cc4)CC3)nn2)cc1. The minimum atomic E-state index is -3.73. The lowest BCUT2D eigenvalue weighted by molar-refractivity contribution is 0.414. The molecule has 156 valence electrons. The van der Waals surface area contributed by atoms with Gasteiger partial charge in [-0.05, 0) is 60.7 Å². The van der Waals surface area contributed by atoms with Gasteiger partial charge in [0, 0.05) is 36.9 Å². The van der Waals surface area contributed by atoms with Crippen LogP contribution in [0.2, 0.25) is 5.02 Å². The van der Waals surface area contributed by atoms with Crippen molar-refractivity contribution in [3.05, 3.63) is 65.7 Å². The average molecular weight is 445 g/mol. The van der Waals surface area contributed by atoms with Gasteiger partial charge >= 0.3 is 0 Å². The molecular weight excluding hydrogens is 424 g/mol. The molecule has 0 saturated carbocycles. The van der Waals surface area contributed by atoms with E-state index in [2.05, 4.69) is 20.0 Å². The highest BCUT2D eigenvalue weighted by molar-refractivity contribution is 7.91. The van der Waals surface area contributed by atoms with Gasteiger partial charge in [0.15, 0.2) is 10.8 Å². The van der Waals surface area contributed by atoms with Crippen molar-refractivity contribution in [2.75, 3.05) is 43.1 Å². The first-order chi connectivity index (χ1) is 14.5. The first-order valence-electron chi connectivity index (χ1n) is 9.46. The van der Waals surface area contributed by atoms with Gasteiger partial charge < -0.3 is 14.5 Å². The number of methoxy groups -OCH3 is 1. The Balaban J connectivity index is 1.44. The van der Waals surface area contributed by atoms with Crippen LogP contribution in [-0.4, -0.2) is 51.9 Å². The molecule has 1 aliphatic rings. The fourth-order valence-corrected chi connectivity index (χ4v) is 4.60. The molecule has 1 aliphatic heterocycles. The maximum Gasteiger partial charge on any atom is 0.225 e. The smallest absolute Gasteiger partial charge is 0.225 e. The molecule has 0 aliphatic carbocycles. The third kappa shape index (κ3) is 4.20. The molecule has 0 spiro atoms. The van der Waals surface area contributed by atoms with Crippen molar-refractivity contribution in [3.8, 4) is 5.75 Å². The predicted molar refractivity (Wildman–Crippen MR) is 116 cm³/mol. The molecule has 0 unspecified atom stereocenters. The highest BCUT2D eigenvalue weighted by Gasteiger charge is 2.22. The van der Waals surface area contributed by atoms with Gasteiger partial charge in [-0.2, -0.15) is 0 Å². The Morgan fingerprint density at radius 3 is 2.03 bits per heavy atom. The number of aromatic nitrogens is 2. The monoisotopic (exact) mass is 444 g/mol. The standard InChI is InChI=1S/C21H21ClN4O3S/c1-29-18-6-8-19(9-7-18)30(27,28)21-11-10-20(23-24-21)26-14-12-25(13-15-26)17-4-2-16(22)3-5-17/h2-11H,12-15H2,1H3. The number of rotatable bonds is 5. The quantitative estimate of drug-likeness (QED) is 0.597. The molecule has 0 atom stereocenters. The number of piperazine rings is 1. The second-order valence-electron chi connectivity index (χ2n) is 6.86. The summed E-state index contributed by atoms with van der Waals surface area (Å²) < 4.78 is 30.6. The fourth-order valence-electron chi connectivity index (χ4n) is 3.35. The molecule has 1 saturated heterocycles. The van der Waals surface area contributed by atoms with Crippen molar-refractivity contribution in [2.45, 2.75) is 9.92 Å². The maximum absolute atomic E-state index is 12.8. The Bertz CT molecular complexity index is 1100. The van der Waals surface area contributed by atoms with Gasteiger partial charge in [0.25, 0.3) is 0 Å². The Hall–Kier alpha value is -2.84. The van der Waals surface area contributed by atoms with Gasteiger partial charge in [-0.3, -0.25) is 0 Å². The van der Waals surface area contributed by atoms with Crippen LogP contribution in [0, 0.1) is 0 Å². The summed E-state index contributed by atoms with van der Waals surface area (Å²) in [5, 5.41) is 8.81. The zero-order valence-electron chi connectivity index (χ0n) is 16.4. The topological polar surface area (TPSA) is 75.6 Å². The number of halogens is 1. The molecule has 2 aromatic carbocycles. The number of nitrogens with zero attached hydrogens (tertiary/aromatic N) is 4. The molecule has 1 fully saturated rings. The van der Waals surface area contributed by atoms with Gasteiger partial charge in [0.05, 0.1) is 12.0 Å². The third-order valence-corrected chi connectivity index (χ3v) is 6.98. The lowest BCUT2D eigenvalue weighted by Crippen LogP contribution is -2.46. The lowest BCUT2D eigenvalue weighted by atomic mass is 10.2. The first-order valence-corrected chi connectivity index (χ1v) is 11.3. The van der Waals surface area contributed by atoms with E-state index in [1.165, 1.54) is 25.3 Å². The Labute approximate surface area is 180 Å². The first kappa shape index (κ1) is 20.4. The highest BCUT2D eigenvalue weighted by atomic mass is 35.5. The van der Waals surface area contributed by atoms with Crippen molar-refractivity contribution in [2.24, 2.45) is 0 Å². The lowest BCUT2D eigenvalue weighted by Gasteiger charge is -2.36. The summed E-state index contributed by atoms with van der Waals surface area (Å²) in [7, 11) is -2.20. The van der Waals surface area contributed by atoms with Crippen LogP contribution in [0.15, 0.2) is 70.6 Å². The predicted octanol–water partition coefficient (Wildman–Crippen LogP) is 3.30. The van der Waals surface area contributed by atoms with Crippen LogP contribution in [0.1, 0.15) is 0 Å². The van der Waals surface area contributed by atoms with Gasteiger partial charge in [-0.1, -0.05) is 11.6 Å². The molecule has 2 heterocycles. The largest absolute Gasteiger partial charge is 0.497 e. The van der Waals surface area contributed by atoms with Crippen molar-refractivity contribution in [3.63, 3.8) is 0 Å². The molecule has 0 radical (unpaired) electrons. The second kappa shape index (κ2) is 8.49. The van der Waals surface area contributed by atoms with Crippen LogP contribution in [0.4, 0.5) is 11.5 Å². The van der Waals surface area contributed by atoms with E-state index in [4.69, 9.17) is 16.3 Å². The average Bonchev–Trinajstić information content (AvgIpc) is 2.80. The molecule has 7 nitrogen and oxygen atoms in total. The van der Waals surface area contributed by atoms with Crippen molar-refractivity contribution in [1.82, 2.24) is 10.2 Å². The summed E-state index contributed by atoms with van der Waals surface area (Å²) in [5.74, 6) is 1.26. The molecular formula is C21H21ClN4O3S. The fraction of sp³-hybridized carbons (Fsp3) is 0.238. The zero-order chi connectivity index (χ0) is 21.1. The van der Waals surface area contributed by atoms with E-state index >= 15 is 0 Å². The molecule has 1 aromatic heterocycles. The summed E-state index contributed by atoms with van der Waals surface area (Å²) in [4.78, 5) is 4.54. The Morgan fingerprint density at radius 2 is 1.47 bits per heavy atom. The third-order valence-electron chi connectivity index (χ3n) is 5.07. The molecule has 30 heavy (non-hydrogen) atoms. The van der Waals surface area contributed by atoms with Crippen LogP contribution < -0.4 is 14.5 Å². The van der Waals surface area contributed by atoms with Gasteiger partial charge in [-0.15, -0.1) is 10.2 Å². The minimum absolute atomic E-state index is 0.0729. The summed E-state index contributed by atoms with van der Waals surface area (Å²) in [6, 6.07) is 17.2. The van der Waals surface area contributed by atoms with E-state index in [0.717, 1.165) is 36.9 Å². The van der Waals surface area contributed by atoms with Crippen molar-refractivity contribution >= 4 is 32.9 Å². The van der Waals surface area contributed by atoms with E-state index in [-0.39, 0.29) is 9.92 Å². The number of hydrogen-bond acceptors (Lipinski definition) is 7. The second-order valence-corrected chi connectivity index (χ2v) is 9.19. The van der Waals surface area contributed by atoms with E-state index in [0.29, 0.717) is 11.6 Å². The van der Waals surface area contributed by atoms with Gasteiger partial charge in [0.1, 0.15) is 5.75 Å². The van der Waals surface area contributed by atoms with Crippen LogP contribution >= 0.6 is 11.6 Å². The van der Waals surface area contributed by atoms with E-state index in [9.17, 15) is 8.42 Å². The number of sulfone groups is 1. The van der Waals surface area contributed by atoms with Crippen LogP contribution in [0.3, 0.4) is 0 Å². The van der Waals surface area contributed by atoms with Crippen LogP contribution in [0.5, 0.6) is 5.75 Å². The Morgan fingerprint density at radius 1 is 0.833 bits per heavy atom. The highest BCUT2D eigenvalue weighted by Crippen LogP contribution is 2.24. The maximum atomic E-state index is 12.8. The number of hydrogen-bond donors (Lipinski definition) is 0. The summed E-state index contributed by atoms with van der Waals surface area (Å²) in [6.45, 7) is 3.19. The number of anilines is 2. The summed E-state index contributed by atoms with van der Waals surface area (Å²) in [5.41, 5.74) is 1.13. The van der Waals surface area contributed by atoms with E-state index in [1.807, 2.05) is 24.3 Å². The van der Waals surface area contributed by atoms with Gasteiger partial charge in [0.2, 0.25) is 9.84 Å². The molecule has 0 amide bonds. The molecule has 9 heteroatoms. The van der Waals surface area contributed by atoms with Crippen molar-refractivity contribution < 1.29 is 13.2 Å². The van der Waals surface area contributed by atoms with E-state index in [1.54, 1.807) is 18.2 Å². The molecule has 4 rings (SSSR count). The molecule has 0 N–H and O–H groups in total. The minimum Gasteiger partial charge on any atom is -0.497 e. The number of benzene rings is 2.